The van der Waals surface area contributed by atoms with Crippen molar-refractivity contribution in [1.82, 2.24) is 4.98 Å². The van der Waals surface area contributed by atoms with Crippen LogP contribution in [0.5, 0.6) is 11.5 Å². The lowest BCUT2D eigenvalue weighted by Crippen LogP contribution is -2.50. The Morgan fingerprint density at radius 3 is 2.72 bits per heavy atom. The van der Waals surface area contributed by atoms with Gasteiger partial charge in [0.2, 0.25) is 0 Å². The van der Waals surface area contributed by atoms with Crippen LogP contribution in [0.4, 0.5) is 20.3 Å². The molecule has 32 heavy (non-hydrogen) atoms. The number of fused-ring (bicyclic) bond motifs is 1. The fourth-order valence-corrected chi connectivity index (χ4v) is 3.67. The Morgan fingerprint density at radius 1 is 1.28 bits per heavy atom. The summed E-state index contributed by atoms with van der Waals surface area (Å²) in [5.74, 6) is -5.11. The van der Waals surface area contributed by atoms with Gasteiger partial charge in [0.05, 0.1) is 16.4 Å². The lowest BCUT2D eigenvalue weighted by atomic mass is 10.1. The van der Waals surface area contributed by atoms with Crippen LogP contribution in [0.1, 0.15) is 9.81 Å². The van der Waals surface area contributed by atoms with Gasteiger partial charge in [-0.2, -0.15) is 0 Å². The standard InChI is InChI=1S/C20H18ClF2N3O6/c1-8-18-13(31-3-4-32-18)7-14(24-8)26-15(16(27)17(28)20(26)30)19(29)25(2)12-5-9(21)10(22)6-11(12)23/h5-7,15-17,27-28H,3-4H2,1-2H3/t15-,16-,17-/m0/s1/i2D3. The van der Waals surface area contributed by atoms with Gasteiger partial charge in [0.25, 0.3) is 11.8 Å². The van der Waals surface area contributed by atoms with E-state index in [9.17, 15) is 28.6 Å². The predicted molar refractivity (Wildman–Crippen MR) is 108 cm³/mol. The molecule has 1 aromatic carbocycles. The highest BCUT2D eigenvalue weighted by Gasteiger charge is 2.52. The highest BCUT2D eigenvalue weighted by Crippen LogP contribution is 2.38. The summed E-state index contributed by atoms with van der Waals surface area (Å²) in [4.78, 5) is 31.1. The second kappa shape index (κ2) is 8.15. The summed E-state index contributed by atoms with van der Waals surface area (Å²) < 4.78 is 62.5. The number of aliphatic hydroxyl groups is 2. The third-order valence-corrected chi connectivity index (χ3v) is 5.34. The number of hydrogen-bond acceptors (Lipinski definition) is 7. The number of pyridine rings is 1. The van der Waals surface area contributed by atoms with Gasteiger partial charge >= 0.3 is 0 Å². The van der Waals surface area contributed by atoms with E-state index >= 15 is 0 Å². The van der Waals surface area contributed by atoms with Gasteiger partial charge in [-0.1, -0.05) is 11.6 Å². The van der Waals surface area contributed by atoms with Crippen LogP contribution < -0.4 is 19.3 Å². The Kier molecular flexibility index (Phi) is 4.72. The van der Waals surface area contributed by atoms with Crippen molar-refractivity contribution in [3.8, 4) is 11.5 Å². The van der Waals surface area contributed by atoms with Crippen LogP contribution in [0.25, 0.3) is 0 Å². The molecule has 2 aliphatic rings. The zero-order chi connectivity index (χ0) is 25.8. The second-order valence-corrected chi connectivity index (χ2v) is 7.48. The Hall–Kier alpha value is -3.02. The molecule has 2 aliphatic heterocycles. The lowest BCUT2D eigenvalue weighted by molar-refractivity contribution is -0.126. The molecule has 0 unspecified atom stereocenters. The Balaban J connectivity index is 1.84. The summed E-state index contributed by atoms with van der Waals surface area (Å²) in [6, 6.07) is 0.0561. The van der Waals surface area contributed by atoms with Gasteiger partial charge in [0.15, 0.2) is 17.6 Å². The van der Waals surface area contributed by atoms with Crippen molar-refractivity contribution < 1.29 is 42.2 Å². The number of carbonyl (C=O) groups excluding carboxylic acids is 2. The molecule has 170 valence electrons. The molecule has 4 rings (SSSR count). The van der Waals surface area contributed by atoms with Crippen molar-refractivity contribution in [2.75, 3.05) is 30.0 Å². The van der Waals surface area contributed by atoms with Gasteiger partial charge in [-0.15, -0.1) is 0 Å². The van der Waals surface area contributed by atoms with E-state index in [1.54, 1.807) is 0 Å². The summed E-state index contributed by atoms with van der Waals surface area (Å²) in [7, 11) is 0. The Labute approximate surface area is 189 Å². The van der Waals surface area contributed by atoms with E-state index in [2.05, 4.69) is 4.98 Å². The van der Waals surface area contributed by atoms with Crippen LogP contribution in [0.2, 0.25) is 5.02 Å². The van der Waals surface area contributed by atoms with Gasteiger partial charge in [-0.05, 0) is 13.0 Å². The molecule has 0 aliphatic carbocycles. The van der Waals surface area contributed by atoms with Crippen LogP contribution in [0.3, 0.4) is 0 Å². The SMILES string of the molecule is [2H]C([2H])([2H])N(C(=O)[C@@H]1[C@H](O)[C@H](O)C(=O)N1c1cc2c(c(C)n1)OCCO2)c1cc(Cl)c(F)cc1F. The van der Waals surface area contributed by atoms with E-state index in [1.165, 1.54) is 13.0 Å². The number of nitrogens with zero attached hydrogens (tertiary/aromatic N) is 3. The largest absolute Gasteiger partial charge is 0.486 e. The molecule has 3 heterocycles. The molecule has 0 bridgehead atoms. The predicted octanol–water partition coefficient (Wildman–Crippen LogP) is 1.19. The van der Waals surface area contributed by atoms with E-state index in [1.807, 2.05) is 0 Å². The summed E-state index contributed by atoms with van der Waals surface area (Å²) in [6.07, 6.45) is -4.24. The van der Waals surface area contributed by atoms with Gasteiger partial charge in [-0.3, -0.25) is 14.5 Å². The average Bonchev–Trinajstić information content (AvgIpc) is 3.00. The lowest BCUT2D eigenvalue weighted by Gasteiger charge is -2.30. The molecular weight excluding hydrogens is 452 g/mol. The molecule has 2 amide bonds. The number of hydrogen-bond donors (Lipinski definition) is 2. The van der Waals surface area contributed by atoms with Crippen LogP contribution in [-0.4, -0.2) is 65.5 Å². The third kappa shape index (κ3) is 3.51. The van der Waals surface area contributed by atoms with Gasteiger partial charge < -0.3 is 24.6 Å². The number of aromatic nitrogens is 1. The molecule has 0 spiro atoms. The Morgan fingerprint density at radius 2 is 2.00 bits per heavy atom. The first-order valence-corrected chi connectivity index (χ1v) is 9.65. The number of aliphatic hydroxyl groups excluding tert-OH is 2. The quantitative estimate of drug-likeness (QED) is 0.645. The van der Waals surface area contributed by atoms with E-state index < -0.39 is 59.4 Å². The van der Waals surface area contributed by atoms with Crippen molar-refractivity contribution >= 4 is 34.9 Å². The van der Waals surface area contributed by atoms with Gasteiger partial charge in [0, 0.05) is 23.2 Å². The Bertz CT molecular complexity index is 1220. The summed E-state index contributed by atoms with van der Waals surface area (Å²) in [6.45, 7) is -1.42. The molecule has 0 saturated carbocycles. The van der Waals surface area contributed by atoms with E-state index in [-0.39, 0.29) is 47.2 Å². The molecule has 1 saturated heterocycles. The van der Waals surface area contributed by atoms with E-state index in [4.69, 9.17) is 25.2 Å². The molecular formula is C20H18ClF2N3O6. The number of anilines is 2. The molecule has 1 aromatic heterocycles. The minimum atomic E-state index is -3.36. The van der Waals surface area contributed by atoms with E-state index in [0.717, 1.165) is 0 Å². The smallest absolute Gasteiger partial charge is 0.260 e. The second-order valence-electron chi connectivity index (χ2n) is 7.07. The normalized spacial score (nSPS) is 24.1. The minimum Gasteiger partial charge on any atom is -0.486 e. The molecule has 2 aromatic rings. The maximum Gasteiger partial charge on any atom is 0.260 e. The molecule has 12 heteroatoms. The highest BCUT2D eigenvalue weighted by atomic mass is 35.5. The van der Waals surface area contributed by atoms with Crippen molar-refractivity contribution in [3.05, 3.63) is 40.6 Å². The van der Waals surface area contributed by atoms with Gasteiger partial charge in [0.1, 0.15) is 42.8 Å². The first kappa shape index (κ1) is 18.5. The number of ether oxygens (including phenoxy) is 2. The van der Waals surface area contributed by atoms with Gasteiger partial charge in [-0.25, -0.2) is 13.8 Å². The van der Waals surface area contributed by atoms with Crippen LogP contribution in [0, 0.1) is 18.6 Å². The zero-order valence-electron chi connectivity index (χ0n) is 19.4. The molecule has 0 radical (unpaired) electrons. The first-order chi connectivity index (χ1) is 16.3. The van der Waals surface area contributed by atoms with Crippen molar-refractivity contribution in [1.29, 1.82) is 0 Å². The third-order valence-electron chi connectivity index (χ3n) is 5.05. The number of rotatable bonds is 3. The molecule has 1 fully saturated rings. The van der Waals surface area contributed by atoms with Crippen molar-refractivity contribution in [2.24, 2.45) is 0 Å². The number of halogens is 3. The highest BCUT2D eigenvalue weighted by molar-refractivity contribution is 6.31. The number of likely N-dealkylation sites (N-methyl/N-ethyl adjacent to an activating group) is 1. The number of amides is 2. The number of aryl methyl sites for hydroxylation is 1. The van der Waals surface area contributed by atoms with E-state index in [0.29, 0.717) is 11.0 Å². The number of benzene rings is 1. The molecule has 3 atom stereocenters. The summed E-state index contributed by atoms with van der Waals surface area (Å²) in [5, 5.41) is 20.1. The van der Waals surface area contributed by atoms with Crippen LogP contribution in [0.15, 0.2) is 18.2 Å². The summed E-state index contributed by atoms with van der Waals surface area (Å²) >= 11 is 5.68. The maximum atomic E-state index is 14.6. The average molecular weight is 473 g/mol. The fraction of sp³-hybridized carbons (Fsp3) is 0.350. The maximum absolute atomic E-state index is 14.6. The molecule has 2 N–H and O–H groups in total. The monoisotopic (exact) mass is 472 g/mol. The molecule has 9 nitrogen and oxygen atoms in total. The zero-order valence-corrected chi connectivity index (χ0v) is 17.1. The first-order valence-electron chi connectivity index (χ1n) is 10.8. The van der Waals surface area contributed by atoms with Crippen LogP contribution in [-0.2, 0) is 9.59 Å². The summed E-state index contributed by atoms with van der Waals surface area (Å²) in [5.41, 5.74) is -0.676. The van der Waals surface area contributed by atoms with Crippen molar-refractivity contribution in [3.63, 3.8) is 0 Å². The fourth-order valence-electron chi connectivity index (χ4n) is 3.51. The number of carbonyl (C=O) groups is 2. The van der Waals surface area contributed by atoms with Crippen LogP contribution >= 0.6 is 11.6 Å². The topological polar surface area (TPSA) is 112 Å². The minimum absolute atomic E-state index is 0.0370. The van der Waals surface area contributed by atoms with Crippen molar-refractivity contribution in [2.45, 2.75) is 25.2 Å².